The van der Waals surface area contributed by atoms with Crippen LogP contribution in [0.2, 0.25) is 0 Å². The predicted molar refractivity (Wildman–Crippen MR) is 100 cm³/mol. The van der Waals surface area contributed by atoms with Crippen molar-refractivity contribution >= 4 is 24.0 Å². The van der Waals surface area contributed by atoms with E-state index in [-0.39, 0.29) is 0 Å². The van der Waals surface area contributed by atoms with E-state index in [1.54, 1.807) is 50.6 Å². The third-order valence-electron chi connectivity index (χ3n) is 3.39. The lowest BCUT2D eigenvalue weighted by Crippen LogP contribution is -2.39. The number of hydrazine groups is 1. The average molecular weight is 352 g/mol. The molecule has 0 saturated heterocycles. The third kappa shape index (κ3) is 6.16. The Morgan fingerprint density at radius 1 is 0.692 bits per heavy atom. The molecule has 0 heterocycles. The van der Waals surface area contributed by atoms with Crippen LogP contribution < -0.4 is 20.3 Å². The Hall–Kier alpha value is -3.54. The zero-order valence-corrected chi connectivity index (χ0v) is 14.6. The Kier molecular flexibility index (Phi) is 7.00. The highest BCUT2D eigenvalue weighted by molar-refractivity contribution is 5.96. The molecule has 0 spiro atoms. The molecule has 0 atom stereocenters. The summed E-state index contributed by atoms with van der Waals surface area (Å²) in [6.07, 6.45) is 5.92. The molecule has 0 aromatic heterocycles. The first-order valence-corrected chi connectivity index (χ1v) is 7.85. The standard InChI is InChI=1S/C20H20N2O4/c1-25-17-9-3-15(4-10-17)7-13-19(23)21-22-20(24)14-8-16-5-11-18(26-2)12-6-16/h3-14H,1-2H3,(H,21,23)(H,22,24). The smallest absolute Gasteiger partial charge is 0.262 e. The second kappa shape index (κ2) is 9.68. The number of ether oxygens (including phenoxy) is 2. The number of rotatable bonds is 6. The lowest BCUT2D eigenvalue weighted by Gasteiger charge is -2.02. The van der Waals surface area contributed by atoms with Gasteiger partial charge in [-0.3, -0.25) is 20.4 Å². The number of nitrogens with one attached hydrogen (secondary N) is 2. The van der Waals surface area contributed by atoms with E-state index in [0.29, 0.717) is 0 Å². The summed E-state index contributed by atoms with van der Waals surface area (Å²) in [5.74, 6) is 0.601. The Balaban J connectivity index is 1.79. The van der Waals surface area contributed by atoms with Gasteiger partial charge in [0.05, 0.1) is 14.2 Å². The third-order valence-corrected chi connectivity index (χ3v) is 3.39. The first-order valence-electron chi connectivity index (χ1n) is 7.85. The fraction of sp³-hybridized carbons (Fsp3) is 0.100. The van der Waals surface area contributed by atoms with Gasteiger partial charge in [0.1, 0.15) is 11.5 Å². The molecule has 2 aromatic rings. The lowest BCUT2D eigenvalue weighted by atomic mass is 10.2. The normalized spacial score (nSPS) is 10.7. The molecule has 134 valence electrons. The fourth-order valence-corrected chi connectivity index (χ4v) is 1.98. The molecule has 0 aliphatic carbocycles. The number of benzene rings is 2. The Morgan fingerprint density at radius 3 is 1.35 bits per heavy atom. The van der Waals surface area contributed by atoms with E-state index in [0.717, 1.165) is 22.6 Å². The van der Waals surface area contributed by atoms with Crippen LogP contribution in [-0.2, 0) is 9.59 Å². The van der Waals surface area contributed by atoms with Crippen molar-refractivity contribution in [1.82, 2.24) is 10.9 Å². The summed E-state index contributed by atoms with van der Waals surface area (Å²) in [5.41, 5.74) is 6.30. The van der Waals surface area contributed by atoms with E-state index in [9.17, 15) is 9.59 Å². The molecule has 2 amide bonds. The van der Waals surface area contributed by atoms with Crippen LogP contribution in [0.1, 0.15) is 11.1 Å². The summed E-state index contributed by atoms with van der Waals surface area (Å²) in [4.78, 5) is 23.4. The molecule has 0 bridgehead atoms. The summed E-state index contributed by atoms with van der Waals surface area (Å²) in [7, 11) is 3.17. The SMILES string of the molecule is COc1ccc(C=CC(=O)NNC(=O)C=Cc2ccc(OC)cc2)cc1. The van der Waals surface area contributed by atoms with Crippen molar-refractivity contribution in [2.75, 3.05) is 14.2 Å². The minimum absolute atomic E-state index is 0.438. The lowest BCUT2D eigenvalue weighted by molar-refractivity contribution is -0.123. The van der Waals surface area contributed by atoms with Crippen molar-refractivity contribution in [2.24, 2.45) is 0 Å². The highest BCUT2D eigenvalue weighted by Gasteiger charge is 1.99. The molecule has 26 heavy (non-hydrogen) atoms. The van der Waals surface area contributed by atoms with Crippen molar-refractivity contribution in [3.8, 4) is 11.5 Å². The van der Waals surface area contributed by atoms with Gasteiger partial charge in [-0.2, -0.15) is 0 Å². The second-order valence-electron chi connectivity index (χ2n) is 5.19. The summed E-state index contributed by atoms with van der Waals surface area (Å²) >= 11 is 0. The Morgan fingerprint density at radius 2 is 1.04 bits per heavy atom. The van der Waals surface area contributed by atoms with Crippen LogP contribution in [0.3, 0.4) is 0 Å². The van der Waals surface area contributed by atoms with Crippen LogP contribution in [0.15, 0.2) is 60.7 Å². The van der Waals surface area contributed by atoms with Crippen LogP contribution in [0.25, 0.3) is 12.2 Å². The molecule has 6 nitrogen and oxygen atoms in total. The monoisotopic (exact) mass is 352 g/mol. The topological polar surface area (TPSA) is 76.7 Å². The molecule has 0 saturated carbocycles. The van der Waals surface area contributed by atoms with Gasteiger partial charge in [-0.05, 0) is 47.5 Å². The van der Waals surface area contributed by atoms with Crippen molar-refractivity contribution < 1.29 is 19.1 Å². The summed E-state index contributed by atoms with van der Waals surface area (Å²) in [5, 5.41) is 0. The quantitative estimate of drug-likeness (QED) is 0.619. The summed E-state index contributed by atoms with van der Waals surface area (Å²) in [6.45, 7) is 0. The van der Waals surface area contributed by atoms with Gasteiger partial charge >= 0.3 is 0 Å². The molecule has 0 radical (unpaired) electrons. The van der Waals surface area contributed by atoms with Gasteiger partial charge < -0.3 is 9.47 Å². The van der Waals surface area contributed by atoms with Gasteiger partial charge in [0.25, 0.3) is 11.8 Å². The largest absolute Gasteiger partial charge is 0.497 e. The first kappa shape index (κ1) is 18.8. The Bertz CT molecular complexity index is 724. The minimum atomic E-state index is -0.438. The van der Waals surface area contributed by atoms with E-state index in [2.05, 4.69) is 10.9 Å². The predicted octanol–water partition coefficient (Wildman–Crippen LogP) is 2.58. The maximum absolute atomic E-state index is 11.7. The molecular formula is C20H20N2O4. The van der Waals surface area contributed by atoms with E-state index in [1.807, 2.05) is 24.3 Å². The minimum Gasteiger partial charge on any atom is -0.497 e. The van der Waals surface area contributed by atoms with Gasteiger partial charge in [-0.25, -0.2) is 0 Å². The van der Waals surface area contributed by atoms with Crippen molar-refractivity contribution in [3.63, 3.8) is 0 Å². The summed E-state index contributed by atoms with van der Waals surface area (Å²) in [6, 6.07) is 14.5. The van der Waals surface area contributed by atoms with Crippen LogP contribution in [-0.4, -0.2) is 26.0 Å². The van der Waals surface area contributed by atoms with E-state index < -0.39 is 11.8 Å². The molecule has 0 aliphatic rings. The number of carbonyl (C=O) groups excluding carboxylic acids is 2. The molecule has 2 aromatic carbocycles. The Labute approximate surface area is 152 Å². The van der Waals surface area contributed by atoms with Crippen LogP contribution in [0.5, 0.6) is 11.5 Å². The highest BCUT2D eigenvalue weighted by atomic mass is 16.5. The number of amides is 2. The van der Waals surface area contributed by atoms with Crippen molar-refractivity contribution in [3.05, 3.63) is 71.8 Å². The number of hydrogen-bond acceptors (Lipinski definition) is 4. The molecule has 0 aliphatic heterocycles. The van der Waals surface area contributed by atoms with E-state index in [1.165, 1.54) is 12.2 Å². The van der Waals surface area contributed by atoms with Crippen LogP contribution in [0.4, 0.5) is 0 Å². The van der Waals surface area contributed by atoms with Gasteiger partial charge in [0, 0.05) is 12.2 Å². The van der Waals surface area contributed by atoms with Crippen LogP contribution >= 0.6 is 0 Å². The van der Waals surface area contributed by atoms with Crippen molar-refractivity contribution in [2.45, 2.75) is 0 Å². The maximum atomic E-state index is 11.7. The van der Waals surface area contributed by atoms with Gasteiger partial charge in [-0.15, -0.1) is 0 Å². The molecule has 0 fully saturated rings. The molecular weight excluding hydrogens is 332 g/mol. The van der Waals surface area contributed by atoms with E-state index in [4.69, 9.17) is 9.47 Å². The average Bonchev–Trinajstić information content (AvgIpc) is 2.69. The number of carbonyl (C=O) groups is 2. The molecule has 6 heteroatoms. The van der Waals surface area contributed by atoms with Gasteiger partial charge in [0.2, 0.25) is 0 Å². The molecule has 2 N–H and O–H groups in total. The fourth-order valence-electron chi connectivity index (χ4n) is 1.98. The van der Waals surface area contributed by atoms with Crippen LogP contribution in [0, 0.1) is 0 Å². The zero-order chi connectivity index (χ0) is 18.8. The summed E-state index contributed by atoms with van der Waals surface area (Å²) < 4.78 is 10.1. The first-order chi connectivity index (χ1) is 12.6. The highest BCUT2D eigenvalue weighted by Crippen LogP contribution is 2.13. The number of hydrogen-bond donors (Lipinski definition) is 2. The zero-order valence-electron chi connectivity index (χ0n) is 14.6. The maximum Gasteiger partial charge on any atom is 0.262 e. The second-order valence-corrected chi connectivity index (χ2v) is 5.19. The van der Waals surface area contributed by atoms with Crippen molar-refractivity contribution in [1.29, 1.82) is 0 Å². The van der Waals surface area contributed by atoms with E-state index >= 15 is 0 Å². The van der Waals surface area contributed by atoms with Gasteiger partial charge in [0.15, 0.2) is 0 Å². The molecule has 2 rings (SSSR count). The van der Waals surface area contributed by atoms with Gasteiger partial charge in [-0.1, -0.05) is 24.3 Å². The molecule has 0 unspecified atom stereocenters. The number of methoxy groups -OCH3 is 2.